The summed E-state index contributed by atoms with van der Waals surface area (Å²) in [5.41, 5.74) is -2.92. The minimum Gasteiger partial charge on any atom is -0.439 e. The quantitative estimate of drug-likeness (QED) is 0.277. The summed E-state index contributed by atoms with van der Waals surface area (Å²) in [5.74, 6) is 0.461. The van der Waals surface area contributed by atoms with Crippen LogP contribution in [0.5, 0.6) is 0 Å². The highest BCUT2D eigenvalue weighted by molar-refractivity contribution is 5.72. The van der Waals surface area contributed by atoms with E-state index in [0.29, 0.717) is 36.5 Å². The number of benzene rings is 1. The van der Waals surface area contributed by atoms with Gasteiger partial charge in [0.2, 0.25) is 0 Å². The van der Waals surface area contributed by atoms with Gasteiger partial charge in [0.1, 0.15) is 18.0 Å². The molecule has 2 unspecified atom stereocenters. The zero-order valence-electron chi connectivity index (χ0n) is 25.3. The lowest BCUT2D eigenvalue weighted by atomic mass is 9.93. The van der Waals surface area contributed by atoms with Crippen molar-refractivity contribution >= 4 is 17.6 Å². The minimum atomic E-state index is -5.09. The summed E-state index contributed by atoms with van der Waals surface area (Å²) in [7, 11) is 0. The molecule has 6 nitrogen and oxygen atoms in total. The average molecular weight is 667 g/mol. The summed E-state index contributed by atoms with van der Waals surface area (Å²) in [6.45, 7) is 3.80. The van der Waals surface area contributed by atoms with E-state index in [0.717, 1.165) is 32.1 Å². The van der Waals surface area contributed by atoms with E-state index in [1.807, 2.05) is 6.92 Å². The first-order chi connectivity index (χ1) is 21.5. The molecule has 0 spiro atoms. The molecule has 1 saturated carbocycles. The molecule has 15 heteroatoms. The third-order valence-corrected chi connectivity index (χ3v) is 9.19. The largest absolute Gasteiger partial charge is 0.439 e. The van der Waals surface area contributed by atoms with Crippen LogP contribution in [0.4, 0.5) is 55.8 Å². The first kappa shape index (κ1) is 34.0. The number of ether oxygens (including phenoxy) is 1. The van der Waals surface area contributed by atoms with E-state index in [1.54, 1.807) is 6.07 Å². The molecule has 2 aromatic rings. The predicted molar refractivity (Wildman–Crippen MR) is 151 cm³/mol. The number of hydrogen-bond acceptors (Lipinski definition) is 5. The van der Waals surface area contributed by atoms with Gasteiger partial charge in [-0.05, 0) is 69.4 Å². The highest BCUT2D eigenvalue weighted by atomic mass is 19.4. The van der Waals surface area contributed by atoms with Gasteiger partial charge in [-0.25, -0.2) is 9.78 Å². The zero-order chi connectivity index (χ0) is 33.6. The first-order valence-corrected chi connectivity index (χ1v) is 15.3. The Labute approximate surface area is 260 Å². The van der Waals surface area contributed by atoms with Gasteiger partial charge in [0.05, 0.1) is 35.6 Å². The van der Waals surface area contributed by atoms with Crippen molar-refractivity contribution in [3.05, 3.63) is 52.7 Å². The predicted octanol–water partition coefficient (Wildman–Crippen LogP) is 8.89. The average Bonchev–Trinajstić information content (AvgIpc) is 3.59. The number of pyridine rings is 1. The Morgan fingerprint density at radius 2 is 1.52 bits per heavy atom. The molecular formula is C31H35F9N4O2. The Bertz CT molecular complexity index is 1370. The molecule has 0 bridgehead atoms. The van der Waals surface area contributed by atoms with Crippen molar-refractivity contribution in [3.8, 4) is 0 Å². The summed E-state index contributed by atoms with van der Waals surface area (Å²) >= 11 is 0. The molecule has 2 saturated heterocycles. The Kier molecular flexibility index (Phi) is 9.35. The second kappa shape index (κ2) is 12.7. The van der Waals surface area contributed by atoms with E-state index in [2.05, 4.69) is 9.88 Å². The van der Waals surface area contributed by atoms with E-state index < -0.39 is 59.5 Å². The topological polar surface area (TPSA) is 48.9 Å². The lowest BCUT2D eigenvalue weighted by molar-refractivity contribution is -0.146. The highest BCUT2D eigenvalue weighted by Crippen LogP contribution is 2.43. The van der Waals surface area contributed by atoms with Gasteiger partial charge in [0.25, 0.3) is 0 Å². The third-order valence-electron chi connectivity index (χ3n) is 9.19. The summed E-state index contributed by atoms with van der Waals surface area (Å²) in [6, 6.07) is -0.000985. The van der Waals surface area contributed by atoms with Gasteiger partial charge >= 0.3 is 24.6 Å². The molecule has 2 aliphatic heterocycles. The maximum absolute atomic E-state index is 13.9. The fourth-order valence-electron chi connectivity index (χ4n) is 6.90. The molecule has 3 aliphatic rings. The van der Waals surface area contributed by atoms with Crippen molar-refractivity contribution < 1.29 is 49.0 Å². The Morgan fingerprint density at radius 3 is 2.09 bits per heavy atom. The number of aromatic nitrogens is 1. The normalized spacial score (nSPS) is 23.3. The Balaban J connectivity index is 1.52. The van der Waals surface area contributed by atoms with E-state index in [1.165, 1.54) is 22.9 Å². The monoisotopic (exact) mass is 666 g/mol. The molecule has 1 aliphatic carbocycles. The smallest absolute Gasteiger partial charge is 0.416 e. The van der Waals surface area contributed by atoms with Crippen molar-refractivity contribution in [1.29, 1.82) is 0 Å². The van der Waals surface area contributed by atoms with Crippen LogP contribution < -0.4 is 9.80 Å². The number of amides is 1. The van der Waals surface area contributed by atoms with E-state index in [9.17, 15) is 44.3 Å². The van der Waals surface area contributed by atoms with Crippen molar-refractivity contribution in [2.75, 3.05) is 22.9 Å². The lowest BCUT2D eigenvalue weighted by Crippen LogP contribution is -2.42. The van der Waals surface area contributed by atoms with Crippen LogP contribution in [0.15, 0.2) is 30.5 Å². The van der Waals surface area contributed by atoms with Crippen molar-refractivity contribution in [2.24, 2.45) is 0 Å². The maximum atomic E-state index is 13.9. The zero-order valence-corrected chi connectivity index (χ0v) is 25.3. The fourth-order valence-corrected chi connectivity index (χ4v) is 6.90. The fraction of sp³-hybridized carbons (Fsp3) is 0.613. The molecular weight excluding hydrogens is 631 g/mol. The van der Waals surface area contributed by atoms with Crippen LogP contribution in [0.25, 0.3) is 0 Å². The van der Waals surface area contributed by atoms with Crippen molar-refractivity contribution in [3.63, 3.8) is 0 Å². The van der Waals surface area contributed by atoms with Crippen LogP contribution in [0.3, 0.4) is 0 Å². The molecule has 3 heterocycles. The summed E-state index contributed by atoms with van der Waals surface area (Å²) in [6.07, 6.45) is -10.7. The molecule has 3 fully saturated rings. The summed E-state index contributed by atoms with van der Waals surface area (Å²) in [4.78, 5) is 22.2. The SMILES string of the molecule is CCN(c1ncc(N2CCCC2C(F)(F)F)cc1CN1C(=O)OC(c2cc(C(F)(F)F)cc(C(F)(F)F)c2)[C@@H]1C)C1CCCCC1. The molecule has 254 valence electrons. The van der Waals surface area contributed by atoms with Gasteiger partial charge < -0.3 is 14.5 Å². The van der Waals surface area contributed by atoms with Crippen LogP contribution in [0, 0.1) is 0 Å². The minimum absolute atomic E-state index is 0.00329. The second-order valence-corrected chi connectivity index (χ2v) is 12.2. The maximum Gasteiger partial charge on any atom is 0.416 e. The molecule has 0 radical (unpaired) electrons. The standard InChI is InChI=1S/C31H35F9N4O2/c1-3-42(23-8-5-4-6-9-23)27-20(14-24(16-41-27)43-11-7-10-25(43)31(38,39)40)17-44-18(2)26(46-28(44)45)19-12-21(29(32,33)34)15-22(13-19)30(35,36)37/h12-16,18,23,25-26H,3-11,17H2,1-2H3/t18-,25?,26?/m0/s1. The molecule has 1 aromatic carbocycles. The number of halogens is 9. The van der Waals surface area contributed by atoms with Crippen LogP contribution in [0.1, 0.15) is 87.2 Å². The molecule has 0 N–H and O–H groups in total. The molecule has 5 rings (SSSR count). The van der Waals surface area contributed by atoms with Gasteiger partial charge in [0, 0.05) is 24.7 Å². The van der Waals surface area contributed by atoms with Crippen molar-refractivity contribution in [1.82, 2.24) is 9.88 Å². The third kappa shape index (κ3) is 6.97. The van der Waals surface area contributed by atoms with E-state index in [4.69, 9.17) is 4.74 Å². The highest BCUT2D eigenvalue weighted by Gasteiger charge is 2.47. The lowest BCUT2D eigenvalue weighted by Gasteiger charge is -2.37. The number of rotatable bonds is 7. The number of alkyl halides is 9. The van der Waals surface area contributed by atoms with Crippen LogP contribution in [-0.2, 0) is 23.6 Å². The van der Waals surface area contributed by atoms with E-state index >= 15 is 0 Å². The van der Waals surface area contributed by atoms with Gasteiger partial charge in [0.15, 0.2) is 0 Å². The molecule has 3 atom stereocenters. The Hall–Kier alpha value is -3.39. The van der Waals surface area contributed by atoms with Gasteiger partial charge in [-0.15, -0.1) is 0 Å². The first-order valence-electron chi connectivity index (χ1n) is 15.3. The van der Waals surface area contributed by atoms with Crippen LogP contribution in [-0.4, -0.2) is 53.4 Å². The van der Waals surface area contributed by atoms with Crippen LogP contribution >= 0.6 is 0 Å². The summed E-state index contributed by atoms with van der Waals surface area (Å²) < 4.78 is 128. The molecule has 1 aromatic heterocycles. The second-order valence-electron chi connectivity index (χ2n) is 12.2. The van der Waals surface area contributed by atoms with Gasteiger partial charge in [-0.2, -0.15) is 39.5 Å². The number of carbonyl (C=O) groups is 1. The van der Waals surface area contributed by atoms with Gasteiger partial charge in [-0.3, -0.25) is 4.90 Å². The molecule has 46 heavy (non-hydrogen) atoms. The Morgan fingerprint density at radius 1 is 0.891 bits per heavy atom. The van der Waals surface area contributed by atoms with Gasteiger partial charge in [-0.1, -0.05) is 19.3 Å². The van der Waals surface area contributed by atoms with E-state index in [-0.39, 0.29) is 37.3 Å². The molecule has 1 amide bonds. The number of cyclic esters (lactones) is 1. The van der Waals surface area contributed by atoms with Crippen LogP contribution in [0.2, 0.25) is 0 Å². The number of carbonyl (C=O) groups excluding carboxylic acids is 1. The number of anilines is 2. The number of hydrogen-bond donors (Lipinski definition) is 0. The van der Waals surface area contributed by atoms with Crippen molar-refractivity contribution in [2.45, 2.75) is 108 Å². The number of nitrogens with zero attached hydrogens (tertiary/aromatic N) is 4. The summed E-state index contributed by atoms with van der Waals surface area (Å²) in [5, 5.41) is 0.